The maximum Gasteiger partial charge on any atom is 0.248 e. The van der Waals surface area contributed by atoms with E-state index in [4.69, 9.17) is 4.74 Å². The number of hydrogen-bond acceptors (Lipinski definition) is 3. The second-order valence-electron chi connectivity index (χ2n) is 3.77. The van der Waals surface area contributed by atoms with E-state index in [-0.39, 0.29) is 12.0 Å². The molecule has 1 aliphatic rings. The summed E-state index contributed by atoms with van der Waals surface area (Å²) in [6.07, 6.45) is 3.36. The quantitative estimate of drug-likeness (QED) is 0.785. The fourth-order valence-electron chi connectivity index (χ4n) is 1.75. The van der Waals surface area contributed by atoms with E-state index in [9.17, 15) is 4.79 Å². The topological polar surface area (TPSA) is 56.1 Å². The van der Waals surface area contributed by atoms with Gasteiger partial charge in [-0.05, 0) is 18.9 Å². The second-order valence-corrected chi connectivity index (χ2v) is 3.77. The number of amides is 1. The predicted octanol–water partition coefficient (Wildman–Crippen LogP) is 1.40. The Morgan fingerprint density at radius 1 is 1.81 bits per heavy atom. The first-order chi connectivity index (χ1) is 7.70. The molecule has 1 N–H and O–H groups in total. The number of aryl methyl sites for hydroxylation is 1. The third-order valence-corrected chi connectivity index (χ3v) is 2.59. The standard InChI is InChI=1S/C11H15N3O2/c1-3-11(15)12-10-7-8(13-14(10)2)9-5-4-6-16-9/h3,7,9H,1,4-6H2,2H3,(H,12,15). The van der Waals surface area contributed by atoms with Crippen molar-refractivity contribution in [1.82, 2.24) is 9.78 Å². The number of ether oxygens (including phenoxy) is 1. The molecule has 0 radical (unpaired) electrons. The molecule has 1 saturated heterocycles. The molecule has 0 saturated carbocycles. The zero-order valence-electron chi connectivity index (χ0n) is 9.27. The van der Waals surface area contributed by atoms with Gasteiger partial charge in [-0.3, -0.25) is 9.48 Å². The van der Waals surface area contributed by atoms with Crippen molar-refractivity contribution < 1.29 is 9.53 Å². The summed E-state index contributed by atoms with van der Waals surface area (Å²) in [5, 5.41) is 7.01. The third-order valence-electron chi connectivity index (χ3n) is 2.59. The average molecular weight is 221 g/mol. The number of rotatable bonds is 3. The van der Waals surface area contributed by atoms with Crippen molar-refractivity contribution in [3.05, 3.63) is 24.4 Å². The molecule has 0 bridgehead atoms. The highest BCUT2D eigenvalue weighted by molar-refractivity contribution is 5.98. The molecule has 2 heterocycles. The smallest absolute Gasteiger partial charge is 0.248 e. The molecule has 1 aromatic rings. The molecular weight excluding hydrogens is 206 g/mol. The van der Waals surface area contributed by atoms with Crippen LogP contribution in [0.1, 0.15) is 24.6 Å². The van der Waals surface area contributed by atoms with Crippen molar-refractivity contribution in [2.45, 2.75) is 18.9 Å². The molecule has 0 spiro atoms. The van der Waals surface area contributed by atoms with Gasteiger partial charge in [-0.15, -0.1) is 0 Å². The SMILES string of the molecule is C=CC(=O)Nc1cc(C2CCCO2)nn1C. The molecule has 5 heteroatoms. The Bertz CT molecular complexity index is 405. The van der Waals surface area contributed by atoms with Gasteiger partial charge in [0.15, 0.2) is 0 Å². The van der Waals surface area contributed by atoms with Gasteiger partial charge in [-0.25, -0.2) is 0 Å². The summed E-state index contributed by atoms with van der Waals surface area (Å²) in [6, 6.07) is 1.84. The van der Waals surface area contributed by atoms with Gasteiger partial charge in [-0.1, -0.05) is 6.58 Å². The monoisotopic (exact) mass is 221 g/mol. The van der Waals surface area contributed by atoms with Crippen LogP contribution in [0.2, 0.25) is 0 Å². The van der Waals surface area contributed by atoms with Gasteiger partial charge in [0, 0.05) is 19.7 Å². The number of carbonyl (C=O) groups excluding carboxylic acids is 1. The maximum absolute atomic E-state index is 11.2. The van der Waals surface area contributed by atoms with E-state index in [1.165, 1.54) is 6.08 Å². The van der Waals surface area contributed by atoms with Crippen LogP contribution in [0, 0.1) is 0 Å². The van der Waals surface area contributed by atoms with Crippen LogP contribution in [0.25, 0.3) is 0 Å². The Labute approximate surface area is 94.1 Å². The molecule has 16 heavy (non-hydrogen) atoms. The third kappa shape index (κ3) is 2.14. The van der Waals surface area contributed by atoms with E-state index >= 15 is 0 Å². The van der Waals surface area contributed by atoms with Crippen molar-refractivity contribution in [3.8, 4) is 0 Å². The molecule has 1 atom stereocenters. The Hall–Kier alpha value is -1.62. The van der Waals surface area contributed by atoms with Crippen LogP contribution in [-0.4, -0.2) is 22.3 Å². The lowest BCUT2D eigenvalue weighted by Crippen LogP contribution is -2.10. The normalized spacial score (nSPS) is 19.7. The highest BCUT2D eigenvalue weighted by Crippen LogP contribution is 2.28. The highest BCUT2D eigenvalue weighted by atomic mass is 16.5. The summed E-state index contributed by atoms with van der Waals surface area (Å²) < 4.78 is 7.17. The molecule has 1 amide bonds. The lowest BCUT2D eigenvalue weighted by atomic mass is 10.2. The maximum atomic E-state index is 11.2. The number of anilines is 1. The van der Waals surface area contributed by atoms with Gasteiger partial charge in [0.2, 0.25) is 5.91 Å². The first kappa shape index (κ1) is 10.9. The number of nitrogens with one attached hydrogen (secondary N) is 1. The van der Waals surface area contributed by atoms with Crippen LogP contribution in [-0.2, 0) is 16.6 Å². The Morgan fingerprint density at radius 2 is 2.62 bits per heavy atom. The van der Waals surface area contributed by atoms with Crippen molar-refractivity contribution >= 4 is 11.7 Å². The molecule has 1 aliphatic heterocycles. The van der Waals surface area contributed by atoms with Crippen LogP contribution in [0.3, 0.4) is 0 Å². The van der Waals surface area contributed by atoms with Gasteiger partial charge in [0.25, 0.3) is 0 Å². The van der Waals surface area contributed by atoms with E-state index in [0.29, 0.717) is 5.82 Å². The minimum Gasteiger partial charge on any atom is -0.372 e. The van der Waals surface area contributed by atoms with Crippen LogP contribution in [0.5, 0.6) is 0 Å². The molecule has 2 rings (SSSR count). The summed E-state index contributed by atoms with van der Waals surface area (Å²) >= 11 is 0. The largest absolute Gasteiger partial charge is 0.372 e. The van der Waals surface area contributed by atoms with Gasteiger partial charge in [-0.2, -0.15) is 5.10 Å². The second kappa shape index (κ2) is 4.49. The fraction of sp³-hybridized carbons (Fsp3) is 0.455. The zero-order valence-corrected chi connectivity index (χ0v) is 9.27. The van der Waals surface area contributed by atoms with Gasteiger partial charge in [0.05, 0.1) is 5.69 Å². The summed E-state index contributed by atoms with van der Waals surface area (Å²) in [5.41, 5.74) is 0.874. The molecule has 0 aliphatic carbocycles. The number of carbonyl (C=O) groups is 1. The van der Waals surface area contributed by atoms with Crippen LogP contribution in [0.15, 0.2) is 18.7 Å². The van der Waals surface area contributed by atoms with E-state index in [1.54, 1.807) is 11.7 Å². The molecule has 1 unspecified atom stereocenters. The molecule has 5 nitrogen and oxygen atoms in total. The molecular formula is C11H15N3O2. The van der Waals surface area contributed by atoms with Gasteiger partial charge < -0.3 is 10.1 Å². The zero-order chi connectivity index (χ0) is 11.5. The lowest BCUT2D eigenvalue weighted by Gasteiger charge is -2.03. The molecule has 1 fully saturated rings. The van der Waals surface area contributed by atoms with Crippen LogP contribution < -0.4 is 5.32 Å². The van der Waals surface area contributed by atoms with Crippen LogP contribution in [0.4, 0.5) is 5.82 Å². The minimum absolute atomic E-state index is 0.0700. The van der Waals surface area contributed by atoms with E-state index in [2.05, 4.69) is 17.0 Å². The fourth-order valence-corrected chi connectivity index (χ4v) is 1.75. The molecule has 1 aromatic heterocycles. The Balaban J connectivity index is 2.14. The van der Waals surface area contributed by atoms with Gasteiger partial charge in [0.1, 0.15) is 11.9 Å². The summed E-state index contributed by atoms with van der Waals surface area (Å²) in [6.45, 7) is 4.19. The summed E-state index contributed by atoms with van der Waals surface area (Å²) in [7, 11) is 1.79. The predicted molar refractivity (Wildman–Crippen MR) is 60.0 cm³/mol. The van der Waals surface area contributed by atoms with E-state index in [0.717, 1.165) is 25.1 Å². The van der Waals surface area contributed by atoms with Crippen LogP contribution >= 0.6 is 0 Å². The van der Waals surface area contributed by atoms with Gasteiger partial charge >= 0.3 is 0 Å². The summed E-state index contributed by atoms with van der Waals surface area (Å²) in [4.78, 5) is 11.2. The van der Waals surface area contributed by atoms with Crippen molar-refractivity contribution in [2.24, 2.45) is 7.05 Å². The first-order valence-electron chi connectivity index (χ1n) is 5.29. The average Bonchev–Trinajstić information content (AvgIpc) is 2.88. The Morgan fingerprint density at radius 3 is 3.25 bits per heavy atom. The van der Waals surface area contributed by atoms with E-state index < -0.39 is 0 Å². The first-order valence-corrected chi connectivity index (χ1v) is 5.29. The van der Waals surface area contributed by atoms with Crippen molar-refractivity contribution in [3.63, 3.8) is 0 Å². The molecule has 86 valence electrons. The Kier molecular flexibility index (Phi) is 3.05. The summed E-state index contributed by atoms with van der Waals surface area (Å²) in [5.74, 6) is 0.428. The highest BCUT2D eigenvalue weighted by Gasteiger charge is 2.21. The number of nitrogens with zero attached hydrogens (tertiary/aromatic N) is 2. The lowest BCUT2D eigenvalue weighted by molar-refractivity contribution is -0.111. The van der Waals surface area contributed by atoms with E-state index in [1.807, 2.05) is 6.07 Å². The number of aromatic nitrogens is 2. The number of hydrogen-bond donors (Lipinski definition) is 1. The van der Waals surface area contributed by atoms with Crippen molar-refractivity contribution in [2.75, 3.05) is 11.9 Å². The van der Waals surface area contributed by atoms with Crippen molar-refractivity contribution in [1.29, 1.82) is 0 Å². The molecule has 0 aromatic carbocycles. The minimum atomic E-state index is -0.234.